The third kappa shape index (κ3) is 3.43. The predicted molar refractivity (Wildman–Crippen MR) is 78.7 cm³/mol. The van der Waals surface area contributed by atoms with Crippen LogP contribution >= 0.6 is 0 Å². The maximum Gasteiger partial charge on any atom is 1.00 e. The molecule has 114 valence electrons. The van der Waals surface area contributed by atoms with Crippen LogP contribution in [0, 0.1) is 0 Å². The van der Waals surface area contributed by atoms with E-state index in [-0.39, 0.29) is 24.4 Å². The number of piperazine rings is 1. The minimum atomic E-state index is -1.20. The van der Waals surface area contributed by atoms with Crippen LogP contribution in [-0.2, 0) is 0 Å². The molecule has 0 atom stereocenters. The van der Waals surface area contributed by atoms with E-state index in [1.165, 1.54) is 26.4 Å². The average molecular weight is 296 g/mol. The molecule has 1 aromatic rings. The van der Waals surface area contributed by atoms with Crippen molar-refractivity contribution in [2.24, 2.45) is 0 Å². The summed E-state index contributed by atoms with van der Waals surface area (Å²) in [6.45, 7) is 4.11. The number of rotatable bonds is 4. The maximum atomic E-state index is 11.0. The molecule has 1 aliphatic carbocycles. The van der Waals surface area contributed by atoms with E-state index in [9.17, 15) is 9.90 Å². The molecule has 1 saturated carbocycles. The van der Waals surface area contributed by atoms with Crippen LogP contribution in [0.15, 0.2) is 18.2 Å². The Morgan fingerprint density at radius 2 is 1.91 bits per heavy atom. The zero-order valence-electron chi connectivity index (χ0n) is 13.4. The number of aromatic carboxylic acids is 1. The molecule has 22 heavy (non-hydrogen) atoms. The Morgan fingerprint density at radius 1 is 1.23 bits per heavy atom. The molecule has 0 spiro atoms. The molecule has 1 heterocycles. The van der Waals surface area contributed by atoms with Crippen LogP contribution < -0.4 is 33.6 Å². The molecule has 0 aromatic heterocycles. The van der Waals surface area contributed by atoms with E-state index in [1.54, 1.807) is 12.1 Å². The molecule has 1 aliphatic heterocycles. The van der Waals surface area contributed by atoms with E-state index < -0.39 is 5.97 Å². The first-order chi connectivity index (χ1) is 10.2. The normalized spacial score (nSPS) is 19.2. The van der Waals surface area contributed by atoms with Gasteiger partial charge in [-0.15, -0.1) is 0 Å². The Morgan fingerprint density at radius 3 is 2.41 bits per heavy atom. The van der Waals surface area contributed by atoms with E-state index in [0.717, 1.165) is 37.9 Å². The second kappa shape index (κ2) is 7.41. The van der Waals surface area contributed by atoms with E-state index in [0.29, 0.717) is 5.75 Å². The van der Waals surface area contributed by atoms with E-state index >= 15 is 0 Å². The summed E-state index contributed by atoms with van der Waals surface area (Å²) in [6.07, 6.45) is 4.05. The number of hydrogen-bond acceptors (Lipinski definition) is 5. The molecule has 0 amide bonds. The van der Waals surface area contributed by atoms with Crippen molar-refractivity contribution in [2.45, 2.75) is 25.3 Å². The van der Waals surface area contributed by atoms with Gasteiger partial charge in [0.25, 0.3) is 0 Å². The van der Waals surface area contributed by atoms with Crippen LogP contribution in [0.3, 0.4) is 0 Å². The molecule has 0 radical (unpaired) electrons. The smallest absolute Gasteiger partial charge is 0.545 e. The Bertz CT molecular complexity index is 526. The van der Waals surface area contributed by atoms with Crippen LogP contribution in [-0.4, -0.2) is 50.2 Å². The van der Waals surface area contributed by atoms with Gasteiger partial charge in [-0.05, 0) is 25.0 Å². The summed E-state index contributed by atoms with van der Waals surface area (Å²) in [5.41, 5.74) is 1.12. The number of anilines is 1. The maximum absolute atomic E-state index is 11.0. The Balaban J connectivity index is 0.00000176. The van der Waals surface area contributed by atoms with Crippen molar-refractivity contribution >= 4 is 11.7 Å². The SMILES string of the molecule is COc1cc(N2CCN(C3CCC3)CC2)ccc1C(=O)[O-].[Li+]. The standard InChI is InChI=1S/C16H22N2O3.Li/c1-21-15-11-13(5-6-14(15)16(19)20)18-9-7-17(8-10-18)12-3-2-4-12;/h5-6,11-12H,2-4,7-10H2,1H3,(H,19,20);/q;+1/p-1. The minimum Gasteiger partial charge on any atom is -0.545 e. The minimum absolute atomic E-state index is 0. The molecule has 0 bridgehead atoms. The van der Waals surface area contributed by atoms with Gasteiger partial charge in [0.05, 0.1) is 13.1 Å². The molecule has 3 rings (SSSR count). The van der Waals surface area contributed by atoms with Crippen molar-refractivity contribution in [3.05, 3.63) is 23.8 Å². The molecule has 5 nitrogen and oxygen atoms in total. The van der Waals surface area contributed by atoms with E-state index in [1.807, 2.05) is 6.07 Å². The molecular formula is C16H21LiN2O3. The number of benzene rings is 1. The molecule has 2 aliphatic rings. The summed E-state index contributed by atoms with van der Waals surface area (Å²) in [5, 5.41) is 11.0. The van der Waals surface area contributed by atoms with Crippen molar-refractivity contribution < 1.29 is 33.5 Å². The number of carbonyl (C=O) groups excluding carboxylic acids is 1. The van der Waals surface area contributed by atoms with E-state index in [4.69, 9.17) is 4.74 Å². The fourth-order valence-corrected chi connectivity index (χ4v) is 3.14. The Labute approximate surface area is 143 Å². The van der Waals surface area contributed by atoms with Gasteiger partial charge in [0.1, 0.15) is 5.75 Å². The van der Waals surface area contributed by atoms with Gasteiger partial charge in [-0.25, -0.2) is 0 Å². The molecule has 0 unspecified atom stereocenters. The summed E-state index contributed by atoms with van der Waals surface area (Å²) < 4.78 is 5.17. The number of ether oxygens (including phenoxy) is 1. The summed E-state index contributed by atoms with van der Waals surface area (Å²) in [7, 11) is 1.49. The first-order valence-electron chi connectivity index (χ1n) is 7.57. The fraction of sp³-hybridized carbons (Fsp3) is 0.562. The second-order valence-electron chi connectivity index (χ2n) is 5.78. The molecular weight excluding hydrogens is 275 g/mol. The quantitative estimate of drug-likeness (QED) is 0.587. The topological polar surface area (TPSA) is 55.8 Å². The number of nitrogens with zero attached hydrogens (tertiary/aromatic N) is 2. The number of hydrogen-bond donors (Lipinski definition) is 0. The van der Waals surface area contributed by atoms with Crippen LogP contribution in [0.5, 0.6) is 5.75 Å². The Hall–Kier alpha value is -1.15. The van der Waals surface area contributed by atoms with Gasteiger partial charge in [-0.1, -0.05) is 6.42 Å². The van der Waals surface area contributed by atoms with Gasteiger partial charge in [0.15, 0.2) is 0 Å². The van der Waals surface area contributed by atoms with Gasteiger partial charge in [0.2, 0.25) is 0 Å². The fourth-order valence-electron chi connectivity index (χ4n) is 3.14. The van der Waals surface area contributed by atoms with Crippen LogP contribution in [0.2, 0.25) is 0 Å². The first kappa shape index (κ1) is 17.2. The monoisotopic (exact) mass is 296 g/mol. The summed E-state index contributed by atoms with van der Waals surface area (Å²) in [4.78, 5) is 15.9. The van der Waals surface area contributed by atoms with Gasteiger partial charge < -0.3 is 19.5 Å². The summed E-state index contributed by atoms with van der Waals surface area (Å²) in [5.74, 6) is -0.831. The van der Waals surface area contributed by atoms with Crippen molar-refractivity contribution in [3.8, 4) is 5.75 Å². The van der Waals surface area contributed by atoms with Crippen molar-refractivity contribution in [3.63, 3.8) is 0 Å². The van der Waals surface area contributed by atoms with Gasteiger partial charge in [-0.3, -0.25) is 4.90 Å². The number of carboxylic acid groups (broad SMARTS) is 1. The number of carbonyl (C=O) groups is 1. The van der Waals surface area contributed by atoms with Crippen LogP contribution in [0.25, 0.3) is 0 Å². The van der Waals surface area contributed by atoms with Crippen LogP contribution in [0.1, 0.15) is 29.6 Å². The van der Waals surface area contributed by atoms with Gasteiger partial charge in [0, 0.05) is 49.5 Å². The Kier molecular flexibility index (Phi) is 5.79. The third-order valence-electron chi connectivity index (χ3n) is 4.68. The van der Waals surface area contributed by atoms with Crippen molar-refractivity contribution in [1.82, 2.24) is 4.90 Å². The van der Waals surface area contributed by atoms with Crippen molar-refractivity contribution in [1.29, 1.82) is 0 Å². The summed E-state index contributed by atoms with van der Waals surface area (Å²) in [6, 6.07) is 6.00. The number of methoxy groups -OCH3 is 1. The van der Waals surface area contributed by atoms with Crippen molar-refractivity contribution in [2.75, 3.05) is 38.2 Å². The van der Waals surface area contributed by atoms with Gasteiger partial charge >= 0.3 is 18.9 Å². The second-order valence-corrected chi connectivity index (χ2v) is 5.78. The predicted octanol–water partition coefficient (Wildman–Crippen LogP) is -2.26. The largest absolute Gasteiger partial charge is 1.00 e. The average Bonchev–Trinajstić information content (AvgIpc) is 2.45. The molecule has 6 heteroatoms. The van der Waals surface area contributed by atoms with Crippen LogP contribution in [0.4, 0.5) is 5.69 Å². The first-order valence-corrected chi connectivity index (χ1v) is 7.57. The summed E-state index contributed by atoms with van der Waals surface area (Å²) >= 11 is 0. The molecule has 1 saturated heterocycles. The van der Waals surface area contributed by atoms with E-state index in [2.05, 4.69) is 9.80 Å². The third-order valence-corrected chi connectivity index (χ3v) is 4.68. The molecule has 2 fully saturated rings. The van der Waals surface area contributed by atoms with Gasteiger partial charge in [-0.2, -0.15) is 0 Å². The zero-order valence-corrected chi connectivity index (χ0v) is 13.4. The molecule has 1 aromatic carbocycles. The zero-order chi connectivity index (χ0) is 14.8. The number of carboxylic acids is 1. The molecule has 0 N–H and O–H groups in total.